The van der Waals surface area contributed by atoms with Crippen molar-refractivity contribution in [3.63, 3.8) is 0 Å². The third-order valence-corrected chi connectivity index (χ3v) is 3.27. The van der Waals surface area contributed by atoms with Crippen LogP contribution in [0.5, 0.6) is 0 Å². The number of halogens is 1. The predicted octanol–water partition coefficient (Wildman–Crippen LogP) is 2.41. The van der Waals surface area contributed by atoms with Crippen molar-refractivity contribution in [1.82, 2.24) is 4.98 Å². The maximum Gasteiger partial charge on any atom is 0.312 e. The van der Waals surface area contributed by atoms with Crippen LogP contribution >= 0.6 is 0 Å². The van der Waals surface area contributed by atoms with Crippen LogP contribution in [0.1, 0.15) is 5.56 Å². The highest BCUT2D eigenvalue weighted by Crippen LogP contribution is 2.38. The monoisotopic (exact) mass is 274 g/mol. The summed E-state index contributed by atoms with van der Waals surface area (Å²) in [5.41, 5.74) is 7.01. The number of pyridine rings is 1. The molecule has 0 fully saturated rings. The number of rotatable bonds is 2. The molecular weight excluding hydrogens is 263 g/mol. The molecule has 7 heteroatoms. The lowest BCUT2D eigenvalue weighted by molar-refractivity contribution is -0.384. The molecule has 0 aliphatic carbocycles. The van der Waals surface area contributed by atoms with Gasteiger partial charge < -0.3 is 10.6 Å². The van der Waals surface area contributed by atoms with Gasteiger partial charge in [-0.15, -0.1) is 0 Å². The van der Waals surface area contributed by atoms with Crippen molar-refractivity contribution >= 4 is 23.0 Å². The molecule has 0 atom stereocenters. The Hall–Kier alpha value is -2.70. The Bertz CT molecular complexity index is 705. The average molecular weight is 274 g/mol. The molecule has 1 aromatic heterocycles. The van der Waals surface area contributed by atoms with E-state index in [9.17, 15) is 14.5 Å². The van der Waals surface area contributed by atoms with Gasteiger partial charge in [0.2, 0.25) is 5.82 Å². The second-order valence-electron chi connectivity index (χ2n) is 4.51. The minimum Gasteiger partial charge on any atom is -0.384 e. The molecule has 0 bridgehead atoms. The van der Waals surface area contributed by atoms with Crippen LogP contribution < -0.4 is 10.6 Å². The van der Waals surface area contributed by atoms with Crippen LogP contribution in [0, 0.1) is 15.9 Å². The van der Waals surface area contributed by atoms with E-state index in [1.165, 1.54) is 24.3 Å². The highest BCUT2D eigenvalue weighted by atomic mass is 19.1. The summed E-state index contributed by atoms with van der Waals surface area (Å²) in [6.45, 7) is 0.510. The SMILES string of the molecule is Nc1ccc([N+](=O)[O-])c(N2CCc3ccc(F)cc32)n1. The number of hydrogen-bond acceptors (Lipinski definition) is 5. The second kappa shape index (κ2) is 4.44. The normalized spacial score (nSPS) is 13.3. The summed E-state index contributed by atoms with van der Waals surface area (Å²) in [5, 5.41) is 11.1. The van der Waals surface area contributed by atoms with Gasteiger partial charge in [0, 0.05) is 18.3 Å². The molecule has 0 saturated carbocycles. The Morgan fingerprint density at radius 3 is 2.90 bits per heavy atom. The largest absolute Gasteiger partial charge is 0.384 e. The van der Waals surface area contributed by atoms with Crippen molar-refractivity contribution in [1.29, 1.82) is 0 Å². The Morgan fingerprint density at radius 2 is 2.15 bits per heavy atom. The topological polar surface area (TPSA) is 85.3 Å². The summed E-state index contributed by atoms with van der Waals surface area (Å²) >= 11 is 0. The molecule has 1 aromatic carbocycles. The van der Waals surface area contributed by atoms with Crippen LogP contribution in [-0.2, 0) is 6.42 Å². The summed E-state index contributed by atoms with van der Waals surface area (Å²) in [4.78, 5) is 16.3. The van der Waals surface area contributed by atoms with Gasteiger partial charge in [0.1, 0.15) is 11.6 Å². The Kier molecular flexibility index (Phi) is 2.74. The van der Waals surface area contributed by atoms with E-state index in [1.54, 1.807) is 11.0 Å². The van der Waals surface area contributed by atoms with Gasteiger partial charge in [-0.25, -0.2) is 9.37 Å². The molecule has 102 valence electrons. The van der Waals surface area contributed by atoms with Crippen molar-refractivity contribution in [3.8, 4) is 0 Å². The highest BCUT2D eigenvalue weighted by molar-refractivity contribution is 5.74. The molecular formula is C13H11FN4O2. The minimum absolute atomic E-state index is 0.142. The summed E-state index contributed by atoms with van der Waals surface area (Å²) in [5.74, 6) is -0.0444. The number of anilines is 3. The summed E-state index contributed by atoms with van der Waals surface area (Å²) in [6, 6.07) is 7.11. The van der Waals surface area contributed by atoms with Crippen LogP contribution in [-0.4, -0.2) is 16.5 Å². The first-order chi connectivity index (χ1) is 9.56. The lowest BCUT2D eigenvalue weighted by Crippen LogP contribution is -2.17. The van der Waals surface area contributed by atoms with Crippen LogP contribution in [0.15, 0.2) is 30.3 Å². The minimum atomic E-state index is -0.515. The van der Waals surface area contributed by atoms with E-state index < -0.39 is 4.92 Å². The van der Waals surface area contributed by atoms with Gasteiger partial charge in [-0.1, -0.05) is 6.07 Å². The zero-order valence-electron chi connectivity index (χ0n) is 10.4. The molecule has 2 aromatic rings. The molecule has 0 radical (unpaired) electrons. The fourth-order valence-corrected chi connectivity index (χ4v) is 2.37. The van der Waals surface area contributed by atoms with Crippen LogP contribution in [0.25, 0.3) is 0 Å². The average Bonchev–Trinajstić information content (AvgIpc) is 2.81. The zero-order chi connectivity index (χ0) is 14.3. The number of aromatic nitrogens is 1. The van der Waals surface area contributed by atoms with Gasteiger partial charge in [0.15, 0.2) is 0 Å². The summed E-state index contributed by atoms with van der Waals surface area (Å²) < 4.78 is 13.4. The van der Waals surface area contributed by atoms with Crippen molar-refractivity contribution in [3.05, 3.63) is 51.8 Å². The lowest BCUT2D eigenvalue weighted by Gasteiger charge is -2.18. The van der Waals surface area contributed by atoms with Crippen molar-refractivity contribution in [2.45, 2.75) is 6.42 Å². The second-order valence-corrected chi connectivity index (χ2v) is 4.51. The summed E-state index contributed by atoms with van der Waals surface area (Å²) in [7, 11) is 0. The van der Waals surface area contributed by atoms with Crippen LogP contribution in [0.4, 0.5) is 27.4 Å². The van der Waals surface area contributed by atoms with Crippen molar-refractivity contribution in [2.75, 3.05) is 17.2 Å². The highest BCUT2D eigenvalue weighted by Gasteiger charge is 2.28. The molecule has 0 saturated heterocycles. The van der Waals surface area contributed by atoms with E-state index >= 15 is 0 Å². The zero-order valence-corrected chi connectivity index (χ0v) is 10.4. The van der Waals surface area contributed by atoms with Crippen LogP contribution in [0.3, 0.4) is 0 Å². The van der Waals surface area contributed by atoms with Gasteiger partial charge in [0.25, 0.3) is 0 Å². The van der Waals surface area contributed by atoms with Crippen molar-refractivity contribution < 1.29 is 9.31 Å². The molecule has 0 unspecified atom stereocenters. The standard InChI is InChI=1S/C13H11FN4O2/c14-9-2-1-8-5-6-17(11(8)7-9)13-10(18(19)20)3-4-12(15)16-13/h1-4,7H,5-6H2,(H2,15,16). The van der Waals surface area contributed by atoms with Gasteiger partial charge in [-0.2, -0.15) is 0 Å². The quantitative estimate of drug-likeness (QED) is 0.671. The molecule has 1 aliphatic rings. The molecule has 2 N–H and O–H groups in total. The Labute approximate surface area is 113 Å². The first kappa shape index (κ1) is 12.3. The third-order valence-electron chi connectivity index (χ3n) is 3.27. The van der Waals surface area contributed by atoms with Gasteiger partial charge in [0.05, 0.1) is 4.92 Å². The number of nitro groups is 1. The summed E-state index contributed by atoms with van der Waals surface area (Å²) in [6.07, 6.45) is 0.684. The predicted molar refractivity (Wildman–Crippen MR) is 72.4 cm³/mol. The van der Waals surface area contributed by atoms with E-state index in [-0.39, 0.29) is 23.1 Å². The first-order valence-corrected chi connectivity index (χ1v) is 6.03. The van der Waals surface area contributed by atoms with Gasteiger partial charge in [-0.3, -0.25) is 10.1 Å². The number of fused-ring (bicyclic) bond motifs is 1. The van der Waals surface area contributed by atoms with E-state index in [0.29, 0.717) is 18.7 Å². The Balaban J connectivity index is 2.14. The van der Waals surface area contributed by atoms with Crippen molar-refractivity contribution in [2.24, 2.45) is 0 Å². The first-order valence-electron chi connectivity index (χ1n) is 6.03. The lowest BCUT2D eigenvalue weighted by atomic mass is 10.2. The van der Waals surface area contributed by atoms with E-state index in [2.05, 4.69) is 4.98 Å². The smallest absolute Gasteiger partial charge is 0.312 e. The molecule has 0 amide bonds. The van der Waals surface area contributed by atoms with E-state index in [4.69, 9.17) is 5.73 Å². The number of nitrogens with zero attached hydrogens (tertiary/aromatic N) is 3. The molecule has 2 heterocycles. The number of benzene rings is 1. The molecule has 3 rings (SSSR count). The molecule has 0 spiro atoms. The molecule has 6 nitrogen and oxygen atoms in total. The Morgan fingerprint density at radius 1 is 1.35 bits per heavy atom. The maximum absolute atomic E-state index is 13.4. The third kappa shape index (κ3) is 1.93. The van der Waals surface area contributed by atoms with Crippen LogP contribution in [0.2, 0.25) is 0 Å². The number of hydrogen-bond donors (Lipinski definition) is 1. The fourth-order valence-electron chi connectivity index (χ4n) is 2.37. The number of nitrogen functional groups attached to an aromatic ring is 1. The van der Waals surface area contributed by atoms with E-state index in [0.717, 1.165) is 5.56 Å². The van der Waals surface area contributed by atoms with Gasteiger partial charge in [-0.05, 0) is 30.2 Å². The van der Waals surface area contributed by atoms with E-state index in [1.807, 2.05) is 0 Å². The maximum atomic E-state index is 13.4. The molecule has 1 aliphatic heterocycles. The number of nitrogens with two attached hydrogens (primary N) is 1. The fraction of sp³-hybridized carbons (Fsp3) is 0.154. The molecule has 20 heavy (non-hydrogen) atoms. The van der Waals surface area contributed by atoms with Gasteiger partial charge >= 0.3 is 5.69 Å².